The van der Waals surface area contributed by atoms with Crippen LogP contribution in [-0.2, 0) is 10.0 Å². The molecule has 0 bridgehead atoms. The molecule has 0 radical (unpaired) electrons. The summed E-state index contributed by atoms with van der Waals surface area (Å²) in [6.07, 6.45) is 2.94. The first kappa shape index (κ1) is 16.9. The van der Waals surface area contributed by atoms with E-state index < -0.39 is 22.1 Å². The van der Waals surface area contributed by atoms with Crippen LogP contribution in [0.25, 0.3) is 0 Å². The lowest BCUT2D eigenvalue weighted by Crippen LogP contribution is -2.36. The average molecular weight is 398 g/mol. The fraction of sp³-hybridized carbons (Fsp3) is 0.583. The first-order valence-corrected chi connectivity index (χ1v) is 9.61. The van der Waals surface area contributed by atoms with Crippen LogP contribution in [0.15, 0.2) is 14.7 Å². The van der Waals surface area contributed by atoms with E-state index in [4.69, 9.17) is 5.11 Å². The van der Waals surface area contributed by atoms with Gasteiger partial charge in [0, 0.05) is 6.54 Å². The molecule has 1 fully saturated rings. The zero-order valence-corrected chi connectivity index (χ0v) is 14.3. The number of aliphatic hydroxyl groups is 1. The number of aliphatic hydroxyl groups excluding tert-OH is 1. The second kappa shape index (κ2) is 6.74. The zero-order chi connectivity index (χ0) is 15.6. The molecule has 0 saturated heterocycles. The summed E-state index contributed by atoms with van der Waals surface area (Å²) in [6.45, 7) is 0.161. The maximum Gasteiger partial charge on any atom is 0.345 e. The Bertz CT molecular complexity index is 628. The Kier molecular flexibility index (Phi) is 5.42. The van der Waals surface area contributed by atoms with Crippen LogP contribution in [0.4, 0.5) is 0 Å². The van der Waals surface area contributed by atoms with E-state index >= 15 is 0 Å². The summed E-state index contributed by atoms with van der Waals surface area (Å²) in [5.74, 6) is -1.25. The highest BCUT2D eigenvalue weighted by Crippen LogP contribution is 2.32. The van der Waals surface area contributed by atoms with Crippen LogP contribution < -0.4 is 4.72 Å². The number of halogens is 1. The van der Waals surface area contributed by atoms with Crippen molar-refractivity contribution in [2.75, 3.05) is 6.54 Å². The number of aromatic carboxylic acids is 1. The summed E-state index contributed by atoms with van der Waals surface area (Å²) in [7, 11) is -3.79. The van der Waals surface area contributed by atoms with Crippen molar-refractivity contribution in [1.82, 2.24) is 4.72 Å². The van der Waals surface area contributed by atoms with E-state index in [9.17, 15) is 18.3 Å². The van der Waals surface area contributed by atoms with Gasteiger partial charge >= 0.3 is 5.97 Å². The molecule has 1 aliphatic carbocycles. The third-order valence-electron chi connectivity index (χ3n) is 3.56. The average Bonchev–Trinajstić information content (AvgIpc) is 2.81. The quantitative estimate of drug-likeness (QED) is 0.704. The van der Waals surface area contributed by atoms with Crippen molar-refractivity contribution in [3.8, 4) is 0 Å². The van der Waals surface area contributed by atoms with Crippen LogP contribution in [0.2, 0.25) is 0 Å². The van der Waals surface area contributed by atoms with E-state index in [1.807, 2.05) is 0 Å². The third kappa shape index (κ3) is 4.04. The molecule has 1 aromatic rings. The lowest BCUT2D eigenvalue weighted by molar-refractivity contribution is 0.0701. The van der Waals surface area contributed by atoms with Gasteiger partial charge in [-0.2, -0.15) is 0 Å². The predicted octanol–water partition coefficient (Wildman–Crippen LogP) is 2.04. The second-order valence-electron chi connectivity index (χ2n) is 5.02. The number of rotatable bonds is 5. The normalized spacial score (nSPS) is 23.1. The summed E-state index contributed by atoms with van der Waals surface area (Å²) in [4.78, 5) is 10.8. The van der Waals surface area contributed by atoms with Crippen LogP contribution in [0, 0.1) is 5.92 Å². The van der Waals surface area contributed by atoms with E-state index in [1.54, 1.807) is 0 Å². The Morgan fingerprint density at radius 1 is 1.43 bits per heavy atom. The molecule has 6 nitrogen and oxygen atoms in total. The third-order valence-corrected chi connectivity index (χ3v) is 7.22. The molecule has 1 aromatic heterocycles. The number of carboxylic acids is 1. The summed E-state index contributed by atoms with van der Waals surface area (Å²) in [5.41, 5.74) is 0. The van der Waals surface area contributed by atoms with E-state index in [1.165, 1.54) is 0 Å². The van der Waals surface area contributed by atoms with Crippen molar-refractivity contribution in [2.45, 2.75) is 36.7 Å². The lowest BCUT2D eigenvalue weighted by Gasteiger charge is -2.27. The largest absolute Gasteiger partial charge is 0.477 e. The van der Waals surface area contributed by atoms with Gasteiger partial charge in [-0.25, -0.2) is 17.9 Å². The predicted molar refractivity (Wildman–Crippen MR) is 82.1 cm³/mol. The summed E-state index contributed by atoms with van der Waals surface area (Å²) in [5, 5.41) is 18.7. The van der Waals surface area contributed by atoms with Crippen LogP contribution in [0.3, 0.4) is 0 Å². The van der Waals surface area contributed by atoms with Gasteiger partial charge in [0.1, 0.15) is 9.77 Å². The molecule has 0 aromatic carbocycles. The Hall–Kier alpha value is -0.480. The van der Waals surface area contributed by atoms with Gasteiger partial charge in [0.25, 0.3) is 0 Å². The minimum Gasteiger partial charge on any atom is -0.477 e. The minimum atomic E-state index is -3.79. The summed E-state index contributed by atoms with van der Waals surface area (Å²) >= 11 is 3.95. The molecule has 2 atom stereocenters. The van der Waals surface area contributed by atoms with Crippen molar-refractivity contribution in [1.29, 1.82) is 0 Å². The van der Waals surface area contributed by atoms with Gasteiger partial charge in [-0.3, -0.25) is 0 Å². The Labute approximate surface area is 135 Å². The Morgan fingerprint density at radius 2 is 2.10 bits per heavy atom. The van der Waals surface area contributed by atoms with Crippen molar-refractivity contribution >= 4 is 43.3 Å². The Morgan fingerprint density at radius 3 is 2.67 bits per heavy atom. The highest BCUT2D eigenvalue weighted by Gasteiger charge is 2.27. The molecule has 21 heavy (non-hydrogen) atoms. The summed E-state index contributed by atoms with van der Waals surface area (Å²) in [6, 6.07) is 1.14. The van der Waals surface area contributed by atoms with E-state index in [0.29, 0.717) is 6.42 Å². The molecule has 0 amide bonds. The van der Waals surface area contributed by atoms with Crippen molar-refractivity contribution in [2.24, 2.45) is 5.92 Å². The standard InChI is InChI=1S/C12H16BrNO5S2/c13-11-10(5-9(20-11)12(16)17)21(18,19)14-6-7-3-1-2-4-8(7)15/h5,7-8,14-15H,1-4,6H2,(H,16,17). The van der Waals surface area contributed by atoms with E-state index in [0.717, 1.165) is 36.7 Å². The molecule has 0 spiro atoms. The number of hydrogen-bond donors (Lipinski definition) is 3. The van der Waals surface area contributed by atoms with E-state index in [2.05, 4.69) is 20.7 Å². The molecule has 1 saturated carbocycles. The number of hydrogen-bond acceptors (Lipinski definition) is 5. The van der Waals surface area contributed by atoms with Gasteiger partial charge in [0.05, 0.1) is 9.89 Å². The number of nitrogens with one attached hydrogen (secondary N) is 1. The molecule has 9 heteroatoms. The molecular weight excluding hydrogens is 382 g/mol. The van der Waals surface area contributed by atoms with Gasteiger partial charge in [-0.05, 0) is 40.8 Å². The summed E-state index contributed by atoms with van der Waals surface area (Å²) < 4.78 is 27.2. The van der Waals surface area contributed by atoms with Crippen LogP contribution in [-0.4, -0.2) is 37.2 Å². The Balaban J connectivity index is 2.09. The fourth-order valence-electron chi connectivity index (χ4n) is 2.36. The maximum atomic E-state index is 12.2. The van der Waals surface area contributed by atoms with Crippen LogP contribution in [0.1, 0.15) is 35.4 Å². The molecule has 2 rings (SSSR count). The number of thiophene rings is 1. The lowest BCUT2D eigenvalue weighted by atomic mass is 9.87. The molecular formula is C12H16BrNO5S2. The second-order valence-corrected chi connectivity index (χ2v) is 9.12. The highest BCUT2D eigenvalue weighted by atomic mass is 79.9. The zero-order valence-electron chi connectivity index (χ0n) is 11.1. The smallest absolute Gasteiger partial charge is 0.345 e. The first-order valence-electron chi connectivity index (χ1n) is 6.51. The van der Waals surface area contributed by atoms with Gasteiger partial charge in [-0.15, -0.1) is 11.3 Å². The van der Waals surface area contributed by atoms with Crippen LogP contribution in [0.5, 0.6) is 0 Å². The van der Waals surface area contributed by atoms with Crippen molar-refractivity contribution < 1.29 is 23.4 Å². The fourth-order valence-corrected chi connectivity index (χ4v) is 5.86. The molecule has 118 valence electrons. The topological polar surface area (TPSA) is 104 Å². The van der Waals surface area contributed by atoms with Gasteiger partial charge in [0.15, 0.2) is 0 Å². The number of carbonyl (C=O) groups is 1. The highest BCUT2D eigenvalue weighted by molar-refractivity contribution is 9.11. The van der Waals surface area contributed by atoms with E-state index in [-0.39, 0.29) is 26.0 Å². The molecule has 3 N–H and O–H groups in total. The molecule has 1 aliphatic rings. The van der Waals surface area contributed by atoms with Crippen molar-refractivity contribution in [3.05, 3.63) is 14.7 Å². The van der Waals surface area contributed by atoms with Crippen LogP contribution >= 0.6 is 27.3 Å². The molecule has 0 aliphatic heterocycles. The first-order chi connectivity index (χ1) is 9.81. The van der Waals surface area contributed by atoms with Gasteiger partial charge in [0.2, 0.25) is 10.0 Å². The molecule has 1 heterocycles. The van der Waals surface area contributed by atoms with Crippen molar-refractivity contribution in [3.63, 3.8) is 0 Å². The monoisotopic (exact) mass is 397 g/mol. The number of sulfonamides is 1. The van der Waals surface area contributed by atoms with Gasteiger partial charge in [-0.1, -0.05) is 12.8 Å². The minimum absolute atomic E-state index is 0.0417. The number of carboxylic acid groups (broad SMARTS) is 1. The molecule has 2 unspecified atom stereocenters. The maximum absolute atomic E-state index is 12.2. The SMILES string of the molecule is O=C(O)c1cc(S(=O)(=O)NCC2CCCCC2O)c(Br)s1. The van der Waals surface area contributed by atoms with Gasteiger partial charge < -0.3 is 10.2 Å².